The van der Waals surface area contributed by atoms with Crippen molar-refractivity contribution in [1.29, 1.82) is 0 Å². The van der Waals surface area contributed by atoms with Gasteiger partial charge < -0.3 is 14.9 Å². The molecule has 0 fully saturated rings. The summed E-state index contributed by atoms with van der Waals surface area (Å²) in [5.41, 5.74) is 0.697. The second-order valence-electron chi connectivity index (χ2n) is 4.55. The van der Waals surface area contributed by atoms with E-state index in [2.05, 4.69) is 0 Å². The molecule has 19 heavy (non-hydrogen) atoms. The molecule has 0 radical (unpaired) electrons. The summed E-state index contributed by atoms with van der Waals surface area (Å²) in [6.07, 6.45) is 0.851. The van der Waals surface area contributed by atoms with Crippen LogP contribution in [-0.4, -0.2) is 40.8 Å². The summed E-state index contributed by atoms with van der Waals surface area (Å²) in [6, 6.07) is 5.18. The van der Waals surface area contributed by atoms with E-state index in [0.29, 0.717) is 17.9 Å². The number of hydrogen-bond donors (Lipinski definition) is 2. The maximum Gasteiger partial charge on any atom is 0.317 e. The number of benzene rings is 1. The van der Waals surface area contributed by atoms with E-state index >= 15 is 0 Å². The Morgan fingerprint density at radius 2 is 2.16 bits per heavy atom. The fraction of sp³-hybridized carbons (Fsp3) is 0.500. The van der Waals surface area contributed by atoms with Gasteiger partial charge in [-0.15, -0.1) is 0 Å². The lowest BCUT2D eigenvalue weighted by Gasteiger charge is -2.27. The predicted molar refractivity (Wildman–Crippen MR) is 72.5 cm³/mol. The molecule has 0 aliphatic carbocycles. The third-order valence-corrected chi connectivity index (χ3v) is 3.22. The summed E-state index contributed by atoms with van der Waals surface area (Å²) in [4.78, 5) is 12.7. The van der Waals surface area contributed by atoms with E-state index in [1.807, 2.05) is 18.7 Å². The van der Waals surface area contributed by atoms with Crippen molar-refractivity contribution in [2.45, 2.75) is 32.9 Å². The molecule has 2 N–H and O–H groups in total. The first-order valence-electron chi connectivity index (χ1n) is 6.29. The van der Waals surface area contributed by atoms with Gasteiger partial charge in [0, 0.05) is 24.2 Å². The van der Waals surface area contributed by atoms with Gasteiger partial charge in [0.25, 0.3) is 0 Å². The number of rotatable bonds is 7. The first-order chi connectivity index (χ1) is 8.97. The number of aliphatic carboxylic acids is 1. The second-order valence-corrected chi connectivity index (χ2v) is 4.55. The summed E-state index contributed by atoms with van der Waals surface area (Å²) in [5, 5.41) is 18.8. The van der Waals surface area contributed by atoms with Crippen LogP contribution in [0.15, 0.2) is 18.2 Å². The molecular weight excluding hydrogens is 246 g/mol. The zero-order valence-corrected chi connectivity index (χ0v) is 11.6. The van der Waals surface area contributed by atoms with Gasteiger partial charge in [0.2, 0.25) is 0 Å². The van der Waals surface area contributed by atoms with Gasteiger partial charge in [-0.05, 0) is 19.4 Å². The molecule has 1 unspecified atom stereocenters. The van der Waals surface area contributed by atoms with E-state index in [4.69, 9.17) is 9.84 Å². The number of nitrogens with zero attached hydrogens (tertiary/aromatic N) is 1. The Bertz CT molecular complexity index is 433. The number of ether oxygens (including phenoxy) is 1. The van der Waals surface area contributed by atoms with Gasteiger partial charge in [-0.1, -0.05) is 13.0 Å². The summed E-state index contributed by atoms with van der Waals surface area (Å²) >= 11 is 0. The quantitative estimate of drug-likeness (QED) is 0.791. The molecule has 0 aliphatic rings. The van der Waals surface area contributed by atoms with Crippen molar-refractivity contribution in [2.75, 3.05) is 13.7 Å². The lowest BCUT2D eigenvalue weighted by molar-refractivity contribution is -0.139. The van der Waals surface area contributed by atoms with Gasteiger partial charge in [0.05, 0.1) is 13.7 Å². The van der Waals surface area contributed by atoms with Crippen LogP contribution in [0, 0.1) is 0 Å². The highest BCUT2D eigenvalue weighted by Crippen LogP contribution is 2.25. The van der Waals surface area contributed by atoms with Crippen molar-refractivity contribution in [3.05, 3.63) is 23.8 Å². The molecule has 1 atom stereocenters. The van der Waals surface area contributed by atoms with E-state index in [0.717, 1.165) is 6.42 Å². The molecule has 0 spiro atoms. The van der Waals surface area contributed by atoms with Crippen LogP contribution >= 0.6 is 0 Å². The largest absolute Gasteiger partial charge is 0.507 e. The Hall–Kier alpha value is -1.75. The first kappa shape index (κ1) is 15.3. The topological polar surface area (TPSA) is 70.0 Å². The van der Waals surface area contributed by atoms with E-state index in [1.54, 1.807) is 12.1 Å². The van der Waals surface area contributed by atoms with Gasteiger partial charge in [-0.2, -0.15) is 0 Å². The average molecular weight is 267 g/mol. The number of phenols is 1. The number of carboxylic acid groups (broad SMARTS) is 1. The third kappa shape index (κ3) is 4.44. The Morgan fingerprint density at radius 1 is 1.47 bits per heavy atom. The maximum atomic E-state index is 10.9. The van der Waals surface area contributed by atoms with Crippen molar-refractivity contribution >= 4 is 5.97 Å². The minimum atomic E-state index is -0.867. The minimum absolute atomic E-state index is 0.0412. The standard InChI is InChI=1S/C14H21NO4/c1-4-10(2)15(9-14(17)18)8-11-5-6-12(19-3)7-13(11)16/h5-7,10,16H,4,8-9H2,1-3H3,(H,17,18). The molecule has 106 valence electrons. The van der Waals surface area contributed by atoms with E-state index in [9.17, 15) is 9.90 Å². The van der Waals surface area contributed by atoms with E-state index in [1.165, 1.54) is 13.2 Å². The van der Waals surface area contributed by atoms with Crippen molar-refractivity contribution in [3.8, 4) is 11.5 Å². The highest BCUT2D eigenvalue weighted by molar-refractivity contribution is 5.69. The minimum Gasteiger partial charge on any atom is -0.507 e. The summed E-state index contributed by atoms with van der Waals surface area (Å²) in [7, 11) is 1.53. The Kier molecular flexibility index (Phi) is 5.63. The summed E-state index contributed by atoms with van der Waals surface area (Å²) in [6.45, 7) is 4.34. The lowest BCUT2D eigenvalue weighted by atomic mass is 10.1. The van der Waals surface area contributed by atoms with Crippen LogP contribution in [0.2, 0.25) is 0 Å². The number of carbonyl (C=O) groups is 1. The lowest BCUT2D eigenvalue weighted by Crippen LogP contribution is -2.36. The van der Waals surface area contributed by atoms with Gasteiger partial charge in [0.15, 0.2) is 0 Å². The number of aromatic hydroxyl groups is 1. The number of hydrogen-bond acceptors (Lipinski definition) is 4. The Labute approximate surface area is 113 Å². The summed E-state index contributed by atoms with van der Waals surface area (Å²) < 4.78 is 5.02. The molecule has 0 aliphatic heterocycles. The van der Waals surface area contributed by atoms with Gasteiger partial charge in [-0.3, -0.25) is 9.69 Å². The van der Waals surface area contributed by atoms with Crippen molar-refractivity contribution in [3.63, 3.8) is 0 Å². The van der Waals surface area contributed by atoms with Crippen molar-refractivity contribution < 1.29 is 19.7 Å². The number of phenolic OH excluding ortho intramolecular Hbond substituents is 1. The fourth-order valence-electron chi connectivity index (χ4n) is 1.82. The maximum absolute atomic E-state index is 10.9. The van der Waals surface area contributed by atoms with E-state index in [-0.39, 0.29) is 18.3 Å². The zero-order chi connectivity index (χ0) is 14.4. The predicted octanol–water partition coefficient (Wildman–Crippen LogP) is 2.09. The SMILES string of the molecule is CCC(C)N(CC(=O)O)Cc1ccc(OC)cc1O. The molecular formula is C14H21NO4. The van der Waals surface area contributed by atoms with Crippen LogP contribution < -0.4 is 4.74 Å². The number of methoxy groups -OCH3 is 1. The highest BCUT2D eigenvalue weighted by atomic mass is 16.5. The molecule has 0 saturated heterocycles. The van der Waals surface area contributed by atoms with Crippen LogP contribution in [0.3, 0.4) is 0 Å². The van der Waals surface area contributed by atoms with E-state index < -0.39 is 5.97 Å². The summed E-state index contributed by atoms with van der Waals surface area (Å²) in [5.74, 6) is -0.166. The molecule has 5 heteroatoms. The first-order valence-corrected chi connectivity index (χ1v) is 6.29. The average Bonchev–Trinajstić information content (AvgIpc) is 2.38. The molecule has 5 nitrogen and oxygen atoms in total. The molecule has 0 saturated carbocycles. The second kappa shape index (κ2) is 6.99. The van der Waals surface area contributed by atoms with Gasteiger partial charge in [-0.25, -0.2) is 0 Å². The molecule has 0 heterocycles. The normalized spacial score (nSPS) is 12.4. The van der Waals surface area contributed by atoms with Crippen molar-refractivity contribution in [1.82, 2.24) is 4.90 Å². The fourth-order valence-corrected chi connectivity index (χ4v) is 1.82. The zero-order valence-electron chi connectivity index (χ0n) is 11.6. The van der Waals surface area contributed by atoms with Crippen LogP contribution in [0.25, 0.3) is 0 Å². The smallest absolute Gasteiger partial charge is 0.317 e. The Balaban J connectivity index is 2.86. The molecule has 1 rings (SSSR count). The molecule has 0 bridgehead atoms. The van der Waals surface area contributed by atoms with Crippen molar-refractivity contribution in [2.24, 2.45) is 0 Å². The highest BCUT2D eigenvalue weighted by Gasteiger charge is 2.17. The molecule has 0 aromatic heterocycles. The van der Waals surface area contributed by atoms with Crippen LogP contribution in [-0.2, 0) is 11.3 Å². The molecule has 0 amide bonds. The Morgan fingerprint density at radius 3 is 2.63 bits per heavy atom. The third-order valence-electron chi connectivity index (χ3n) is 3.22. The van der Waals surface area contributed by atoms with Crippen LogP contribution in [0.4, 0.5) is 0 Å². The number of carboxylic acids is 1. The molecule has 1 aromatic carbocycles. The molecule has 1 aromatic rings. The van der Waals surface area contributed by atoms with Crippen LogP contribution in [0.5, 0.6) is 11.5 Å². The van der Waals surface area contributed by atoms with Gasteiger partial charge >= 0.3 is 5.97 Å². The monoisotopic (exact) mass is 267 g/mol. The van der Waals surface area contributed by atoms with Gasteiger partial charge in [0.1, 0.15) is 11.5 Å². The van der Waals surface area contributed by atoms with Crippen LogP contribution in [0.1, 0.15) is 25.8 Å².